The van der Waals surface area contributed by atoms with Crippen molar-refractivity contribution >= 4 is 23.5 Å². The van der Waals surface area contributed by atoms with E-state index >= 15 is 0 Å². The van der Waals surface area contributed by atoms with E-state index in [0.29, 0.717) is 13.0 Å². The Kier molecular flexibility index (Phi) is 5.69. The number of pyridine rings is 1. The van der Waals surface area contributed by atoms with E-state index in [0.717, 1.165) is 17.0 Å². The Labute approximate surface area is 173 Å². The van der Waals surface area contributed by atoms with Crippen molar-refractivity contribution in [3.63, 3.8) is 0 Å². The number of hydrogen-bond donors (Lipinski definition) is 2. The van der Waals surface area contributed by atoms with Gasteiger partial charge in [-0.25, -0.2) is 4.79 Å². The van der Waals surface area contributed by atoms with Gasteiger partial charge in [0.15, 0.2) is 5.65 Å². The Hall–Kier alpha value is -3.75. The van der Waals surface area contributed by atoms with Crippen molar-refractivity contribution in [2.75, 3.05) is 6.54 Å². The highest BCUT2D eigenvalue weighted by Crippen LogP contribution is 2.15. The molecule has 2 aromatic heterocycles. The number of carbonyl (C=O) groups is 3. The molecule has 154 valence electrons. The van der Waals surface area contributed by atoms with Gasteiger partial charge in [0, 0.05) is 25.6 Å². The third-order valence-electron chi connectivity index (χ3n) is 5.01. The number of imide groups is 1. The summed E-state index contributed by atoms with van der Waals surface area (Å²) in [6, 6.07) is 13.9. The van der Waals surface area contributed by atoms with E-state index in [2.05, 4.69) is 20.8 Å². The lowest BCUT2D eigenvalue weighted by Gasteiger charge is -2.13. The van der Waals surface area contributed by atoms with E-state index in [-0.39, 0.29) is 31.2 Å². The molecule has 1 aromatic carbocycles. The third-order valence-corrected chi connectivity index (χ3v) is 5.01. The first kappa shape index (κ1) is 19.6. The average Bonchev–Trinajstić information content (AvgIpc) is 3.29. The first-order chi connectivity index (χ1) is 14.6. The normalized spacial score (nSPS) is 16.1. The fourth-order valence-electron chi connectivity index (χ4n) is 3.43. The van der Waals surface area contributed by atoms with Crippen LogP contribution in [-0.4, -0.2) is 49.9 Å². The van der Waals surface area contributed by atoms with Crippen LogP contribution in [0.2, 0.25) is 0 Å². The highest BCUT2D eigenvalue weighted by Gasteiger charge is 2.37. The Morgan fingerprint density at radius 2 is 1.87 bits per heavy atom. The second-order valence-electron chi connectivity index (χ2n) is 7.10. The van der Waals surface area contributed by atoms with Gasteiger partial charge in [0.25, 0.3) is 5.91 Å². The van der Waals surface area contributed by atoms with Crippen molar-refractivity contribution in [3.8, 4) is 0 Å². The number of carbonyl (C=O) groups excluding carboxylic acids is 3. The predicted molar refractivity (Wildman–Crippen MR) is 108 cm³/mol. The van der Waals surface area contributed by atoms with Crippen molar-refractivity contribution < 1.29 is 14.4 Å². The van der Waals surface area contributed by atoms with Crippen LogP contribution in [0.15, 0.2) is 54.7 Å². The van der Waals surface area contributed by atoms with Crippen LogP contribution in [0, 0.1) is 0 Å². The molecule has 0 unspecified atom stereocenters. The molecular formula is C21H22N6O3. The lowest BCUT2D eigenvalue weighted by Crippen LogP contribution is -2.33. The van der Waals surface area contributed by atoms with Gasteiger partial charge in [0.05, 0.1) is 6.54 Å². The summed E-state index contributed by atoms with van der Waals surface area (Å²) in [5.41, 5.74) is 1.63. The molecule has 3 aromatic rings. The smallest absolute Gasteiger partial charge is 0.325 e. The van der Waals surface area contributed by atoms with Gasteiger partial charge in [-0.2, -0.15) is 0 Å². The molecule has 4 amide bonds. The maximum atomic E-state index is 12.5. The molecule has 0 bridgehead atoms. The number of aromatic nitrogens is 3. The first-order valence-electron chi connectivity index (χ1n) is 9.83. The van der Waals surface area contributed by atoms with Crippen LogP contribution < -0.4 is 10.6 Å². The molecule has 2 N–H and O–H groups in total. The zero-order valence-electron chi connectivity index (χ0n) is 16.3. The second-order valence-corrected chi connectivity index (χ2v) is 7.10. The van der Waals surface area contributed by atoms with E-state index in [4.69, 9.17) is 0 Å². The highest BCUT2D eigenvalue weighted by atomic mass is 16.2. The van der Waals surface area contributed by atoms with Crippen LogP contribution in [0.1, 0.15) is 24.2 Å². The van der Waals surface area contributed by atoms with Gasteiger partial charge >= 0.3 is 6.03 Å². The molecular weight excluding hydrogens is 384 g/mol. The number of amides is 4. The zero-order valence-corrected chi connectivity index (χ0v) is 16.3. The van der Waals surface area contributed by atoms with E-state index in [1.807, 2.05) is 59.1 Å². The summed E-state index contributed by atoms with van der Waals surface area (Å²) >= 11 is 0. The van der Waals surface area contributed by atoms with Crippen LogP contribution in [0.5, 0.6) is 0 Å². The lowest BCUT2D eigenvalue weighted by molar-refractivity contribution is -0.128. The minimum atomic E-state index is -0.674. The van der Waals surface area contributed by atoms with Crippen LogP contribution in [0.25, 0.3) is 5.65 Å². The summed E-state index contributed by atoms with van der Waals surface area (Å²) in [5.74, 6) is 0.291. The van der Waals surface area contributed by atoms with E-state index in [1.54, 1.807) is 0 Å². The highest BCUT2D eigenvalue weighted by molar-refractivity contribution is 6.04. The molecule has 0 radical (unpaired) electrons. The third kappa shape index (κ3) is 4.29. The molecule has 1 atom stereocenters. The van der Waals surface area contributed by atoms with Gasteiger partial charge in [0.2, 0.25) is 5.91 Å². The Balaban J connectivity index is 1.23. The molecule has 0 spiro atoms. The molecule has 0 saturated carbocycles. The molecule has 3 heterocycles. The molecule has 9 nitrogen and oxygen atoms in total. The first-order valence-corrected chi connectivity index (χ1v) is 9.83. The minimum Gasteiger partial charge on any atom is -0.356 e. The number of hydrogen-bond acceptors (Lipinski definition) is 5. The minimum absolute atomic E-state index is 0.149. The summed E-state index contributed by atoms with van der Waals surface area (Å²) in [5, 5.41) is 13.7. The number of benzene rings is 1. The standard InChI is InChI=1S/C21H22N6O3/c28-19(22-12-11-18-25-24-17-8-4-5-13-26(17)18)10-9-16-20(29)27(21(30)23-16)14-15-6-2-1-3-7-15/h1-8,13,16H,9-12,14H2,(H,22,28)(H,23,30)/t16-/m1/s1. The van der Waals surface area contributed by atoms with Gasteiger partial charge in [0.1, 0.15) is 11.9 Å². The van der Waals surface area contributed by atoms with E-state index in [9.17, 15) is 14.4 Å². The number of rotatable bonds is 8. The zero-order chi connectivity index (χ0) is 20.9. The van der Waals surface area contributed by atoms with Gasteiger partial charge < -0.3 is 10.6 Å². The van der Waals surface area contributed by atoms with Crippen molar-refractivity contribution in [1.29, 1.82) is 0 Å². The van der Waals surface area contributed by atoms with Gasteiger partial charge in [-0.05, 0) is 24.1 Å². The molecule has 4 rings (SSSR count). The Morgan fingerprint density at radius 1 is 1.07 bits per heavy atom. The average molecular weight is 406 g/mol. The topological polar surface area (TPSA) is 109 Å². The second kappa shape index (κ2) is 8.73. The van der Waals surface area contributed by atoms with Gasteiger partial charge in [-0.1, -0.05) is 36.4 Å². The number of fused-ring (bicyclic) bond motifs is 1. The molecule has 9 heteroatoms. The van der Waals surface area contributed by atoms with Crippen LogP contribution in [-0.2, 0) is 22.6 Å². The fraction of sp³-hybridized carbons (Fsp3) is 0.286. The molecule has 1 aliphatic rings. The number of nitrogens with zero attached hydrogens (tertiary/aromatic N) is 4. The summed E-state index contributed by atoms with van der Waals surface area (Å²) in [6.45, 7) is 0.639. The predicted octanol–water partition coefficient (Wildman–Crippen LogP) is 1.29. The van der Waals surface area contributed by atoms with E-state index in [1.165, 1.54) is 4.90 Å². The lowest BCUT2D eigenvalue weighted by atomic mass is 10.1. The van der Waals surface area contributed by atoms with Crippen molar-refractivity contribution in [3.05, 3.63) is 66.1 Å². The monoisotopic (exact) mass is 406 g/mol. The summed E-state index contributed by atoms with van der Waals surface area (Å²) in [6.07, 6.45) is 2.83. The number of nitrogens with one attached hydrogen (secondary N) is 2. The molecule has 1 aliphatic heterocycles. The van der Waals surface area contributed by atoms with Crippen molar-refractivity contribution in [1.82, 2.24) is 30.1 Å². The van der Waals surface area contributed by atoms with Crippen molar-refractivity contribution in [2.45, 2.75) is 31.8 Å². The number of urea groups is 1. The van der Waals surface area contributed by atoms with Crippen LogP contribution in [0.4, 0.5) is 4.79 Å². The van der Waals surface area contributed by atoms with E-state index < -0.39 is 12.1 Å². The van der Waals surface area contributed by atoms with Gasteiger partial charge in [-0.3, -0.25) is 18.9 Å². The van der Waals surface area contributed by atoms with Crippen molar-refractivity contribution in [2.24, 2.45) is 0 Å². The Bertz CT molecular complexity index is 1060. The maximum Gasteiger partial charge on any atom is 0.325 e. The summed E-state index contributed by atoms with van der Waals surface area (Å²) in [7, 11) is 0. The molecule has 30 heavy (non-hydrogen) atoms. The Morgan fingerprint density at radius 3 is 2.70 bits per heavy atom. The summed E-state index contributed by atoms with van der Waals surface area (Å²) < 4.78 is 1.88. The molecule has 1 fully saturated rings. The molecule has 1 saturated heterocycles. The molecule has 0 aliphatic carbocycles. The quantitative estimate of drug-likeness (QED) is 0.548. The summed E-state index contributed by atoms with van der Waals surface area (Å²) in [4.78, 5) is 38.0. The maximum absolute atomic E-state index is 12.5. The van der Waals surface area contributed by atoms with Gasteiger partial charge in [-0.15, -0.1) is 10.2 Å². The SMILES string of the molecule is O=C(CC[C@H]1NC(=O)N(Cc2ccccc2)C1=O)NCCc1nnc2ccccn12. The van der Waals surface area contributed by atoms with Crippen LogP contribution in [0.3, 0.4) is 0 Å². The largest absolute Gasteiger partial charge is 0.356 e. The van der Waals surface area contributed by atoms with Crippen LogP contribution >= 0.6 is 0 Å². The fourth-order valence-corrected chi connectivity index (χ4v) is 3.43.